The fourth-order valence-corrected chi connectivity index (χ4v) is 1.92. The van der Waals surface area contributed by atoms with Crippen molar-refractivity contribution in [3.63, 3.8) is 0 Å². The second kappa shape index (κ2) is 7.56. The van der Waals surface area contributed by atoms with Gasteiger partial charge in [-0.05, 0) is 30.3 Å². The number of aromatic nitrogens is 1. The van der Waals surface area contributed by atoms with Crippen LogP contribution < -0.4 is 10.9 Å². The van der Waals surface area contributed by atoms with Crippen molar-refractivity contribution < 1.29 is 14.3 Å². The zero-order valence-electron chi connectivity index (χ0n) is 11.5. The number of anilines is 1. The van der Waals surface area contributed by atoms with Gasteiger partial charge in [-0.2, -0.15) is 0 Å². The summed E-state index contributed by atoms with van der Waals surface area (Å²) in [5, 5.41) is 2.59. The van der Waals surface area contributed by atoms with Crippen LogP contribution in [-0.4, -0.2) is 23.1 Å². The fourth-order valence-electron chi connectivity index (χ4n) is 1.65. The van der Waals surface area contributed by atoms with E-state index in [9.17, 15) is 14.4 Å². The van der Waals surface area contributed by atoms with E-state index in [2.05, 4.69) is 21.2 Å². The second-order valence-corrected chi connectivity index (χ2v) is 5.30. The summed E-state index contributed by atoms with van der Waals surface area (Å²) in [7, 11) is 0. The molecule has 1 N–H and O–H groups in total. The van der Waals surface area contributed by atoms with Gasteiger partial charge in [0, 0.05) is 22.4 Å². The molecule has 0 atom stereocenters. The highest BCUT2D eigenvalue weighted by molar-refractivity contribution is 9.10. The smallest absolute Gasteiger partial charge is 0.326 e. The summed E-state index contributed by atoms with van der Waals surface area (Å²) in [6.07, 6.45) is 1.48. The minimum atomic E-state index is -0.653. The predicted molar refractivity (Wildman–Crippen MR) is 84.4 cm³/mol. The molecule has 0 aliphatic carbocycles. The normalized spacial score (nSPS) is 10.0. The van der Waals surface area contributed by atoms with Gasteiger partial charge in [0.15, 0.2) is 6.61 Å². The molecule has 1 aromatic heterocycles. The number of rotatable bonds is 5. The zero-order valence-corrected chi connectivity index (χ0v) is 13.1. The van der Waals surface area contributed by atoms with Gasteiger partial charge in [-0.3, -0.25) is 14.4 Å². The molecule has 2 rings (SSSR count). The fraction of sp³-hybridized carbons (Fsp3) is 0.133. The van der Waals surface area contributed by atoms with Crippen molar-refractivity contribution in [1.82, 2.24) is 4.57 Å². The first kappa shape index (κ1) is 16.0. The highest BCUT2D eigenvalue weighted by Crippen LogP contribution is 2.13. The van der Waals surface area contributed by atoms with Gasteiger partial charge in [0.2, 0.25) is 0 Å². The Kier molecular flexibility index (Phi) is 5.48. The Hall–Kier alpha value is -2.41. The molecule has 0 unspecified atom stereocenters. The number of ether oxygens (including phenoxy) is 1. The van der Waals surface area contributed by atoms with E-state index in [1.165, 1.54) is 16.8 Å². The van der Waals surface area contributed by atoms with Gasteiger partial charge < -0.3 is 14.6 Å². The van der Waals surface area contributed by atoms with E-state index in [4.69, 9.17) is 4.74 Å². The van der Waals surface area contributed by atoms with Gasteiger partial charge in [0.05, 0.1) is 0 Å². The largest absolute Gasteiger partial charge is 0.454 e. The molecule has 0 fully saturated rings. The van der Waals surface area contributed by atoms with E-state index in [1.807, 2.05) is 0 Å². The number of benzene rings is 1. The average Bonchev–Trinajstić information content (AvgIpc) is 2.50. The first-order valence-corrected chi connectivity index (χ1v) is 7.20. The van der Waals surface area contributed by atoms with Crippen LogP contribution in [-0.2, 0) is 20.9 Å². The van der Waals surface area contributed by atoms with Crippen LogP contribution in [0.25, 0.3) is 0 Å². The molecule has 6 nitrogen and oxygen atoms in total. The highest BCUT2D eigenvalue weighted by atomic mass is 79.9. The van der Waals surface area contributed by atoms with Crippen molar-refractivity contribution in [2.24, 2.45) is 0 Å². The standard InChI is InChI=1S/C15H13BrN2O4/c16-11-4-6-12(7-5-11)17-13(19)10-22-15(21)9-18-8-2-1-3-14(18)20/h1-8H,9-10H2,(H,17,19). The summed E-state index contributed by atoms with van der Waals surface area (Å²) < 4.78 is 6.94. The highest BCUT2D eigenvalue weighted by Gasteiger charge is 2.09. The Labute approximate surface area is 134 Å². The van der Waals surface area contributed by atoms with Crippen molar-refractivity contribution >= 4 is 33.5 Å². The summed E-state index contributed by atoms with van der Waals surface area (Å²) in [4.78, 5) is 34.7. The summed E-state index contributed by atoms with van der Waals surface area (Å²) >= 11 is 3.29. The summed E-state index contributed by atoms with van der Waals surface area (Å²) in [5.74, 6) is -1.10. The molecule has 0 aliphatic rings. The first-order valence-electron chi connectivity index (χ1n) is 6.41. The third-order valence-corrected chi connectivity index (χ3v) is 3.22. The second-order valence-electron chi connectivity index (χ2n) is 4.38. The third-order valence-electron chi connectivity index (χ3n) is 2.69. The van der Waals surface area contributed by atoms with Crippen molar-refractivity contribution in [1.29, 1.82) is 0 Å². The van der Waals surface area contributed by atoms with Crippen molar-refractivity contribution in [2.45, 2.75) is 6.54 Å². The molecule has 0 aliphatic heterocycles. The van der Waals surface area contributed by atoms with E-state index in [-0.39, 0.29) is 12.1 Å². The quantitative estimate of drug-likeness (QED) is 0.820. The molecular weight excluding hydrogens is 352 g/mol. The molecule has 22 heavy (non-hydrogen) atoms. The molecule has 114 valence electrons. The predicted octanol–water partition coefficient (Wildman–Crippen LogP) is 1.79. The summed E-state index contributed by atoms with van der Waals surface area (Å²) in [6, 6.07) is 11.5. The lowest BCUT2D eigenvalue weighted by Crippen LogP contribution is -2.26. The number of halogens is 1. The van der Waals surface area contributed by atoms with Gasteiger partial charge in [-0.1, -0.05) is 22.0 Å². The Morgan fingerprint density at radius 3 is 2.55 bits per heavy atom. The molecule has 0 radical (unpaired) electrons. The Balaban J connectivity index is 1.81. The van der Waals surface area contributed by atoms with Gasteiger partial charge in [0.1, 0.15) is 6.54 Å². The van der Waals surface area contributed by atoms with Gasteiger partial charge in [-0.15, -0.1) is 0 Å². The van der Waals surface area contributed by atoms with Gasteiger partial charge in [-0.25, -0.2) is 0 Å². The maximum absolute atomic E-state index is 11.7. The van der Waals surface area contributed by atoms with Crippen LogP contribution in [0.4, 0.5) is 5.69 Å². The lowest BCUT2D eigenvalue weighted by molar-refractivity contribution is -0.147. The van der Waals surface area contributed by atoms with Crippen LogP contribution in [0, 0.1) is 0 Å². The van der Waals surface area contributed by atoms with Crippen LogP contribution in [0.1, 0.15) is 0 Å². The number of carbonyl (C=O) groups excluding carboxylic acids is 2. The number of hydrogen-bond donors (Lipinski definition) is 1. The molecule has 2 aromatic rings. The Morgan fingerprint density at radius 1 is 1.14 bits per heavy atom. The number of amides is 1. The Bertz CT molecular complexity index is 725. The maximum Gasteiger partial charge on any atom is 0.326 e. The first-order chi connectivity index (χ1) is 10.5. The molecule has 0 saturated heterocycles. The Morgan fingerprint density at radius 2 is 1.86 bits per heavy atom. The minimum Gasteiger partial charge on any atom is -0.454 e. The summed E-state index contributed by atoms with van der Waals surface area (Å²) in [6.45, 7) is -0.637. The SMILES string of the molecule is O=C(COC(=O)Cn1ccccc1=O)Nc1ccc(Br)cc1. The lowest BCUT2D eigenvalue weighted by atomic mass is 10.3. The molecule has 0 spiro atoms. The molecule has 0 bridgehead atoms. The number of hydrogen-bond acceptors (Lipinski definition) is 4. The van der Waals surface area contributed by atoms with Crippen LogP contribution in [0.3, 0.4) is 0 Å². The van der Waals surface area contributed by atoms with E-state index in [0.717, 1.165) is 4.47 Å². The molecule has 0 saturated carbocycles. The van der Waals surface area contributed by atoms with Crippen LogP contribution in [0.2, 0.25) is 0 Å². The van der Waals surface area contributed by atoms with Gasteiger partial charge >= 0.3 is 5.97 Å². The molecular formula is C15H13BrN2O4. The molecule has 1 aromatic carbocycles. The van der Waals surface area contributed by atoms with Crippen molar-refractivity contribution in [3.05, 3.63) is 63.5 Å². The minimum absolute atomic E-state index is 0.231. The molecule has 1 amide bonds. The van der Waals surface area contributed by atoms with E-state index >= 15 is 0 Å². The van der Waals surface area contributed by atoms with Crippen LogP contribution >= 0.6 is 15.9 Å². The third kappa shape index (κ3) is 4.85. The van der Waals surface area contributed by atoms with Crippen LogP contribution in [0.15, 0.2) is 57.9 Å². The topological polar surface area (TPSA) is 77.4 Å². The monoisotopic (exact) mass is 364 g/mol. The van der Waals surface area contributed by atoms with E-state index < -0.39 is 18.5 Å². The number of nitrogens with zero attached hydrogens (tertiary/aromatic N) is 1. The zero-order chi connectivity index (χ0) is 15.9. The number of nitrogens with one attached hydrogen (secondary N) is 1. The van der Waals surface area contributed by atoms with Crippen molar-refractivity contribution in [2.75, 3.05) is 11.9 Å². The van der Waals surface area contributed by atoms with E-state index in [1.54, 1.807) is 36.4 Å². The van der Waals surface area contributed by atoms with Crippen molar-refractivity contribution in [3.8, 4) is 0 Å². The average molecular weight is 365 g/mol. The number of carbonyl (C=O) groups is 2. The molecule has 1 heterocycles. The lowest BCUT2D eigenvalue weighted by Gasteiger charge is -2.07. The number of pyridine rings is 1. The number of esters is 1. The molecule has 7 heteroatoms. The summed E-state index contributed by atoms with van der Waals surface area (Å²) in [5.41, 5.74) is 0.294. The van der Waals surface area contributed by atoms with E-state index in [0.29, 0.717) is 5.69 Å². The maximum atomic E-state index is 11.7. The van der Waals surface area contributed by atoms with Gasteiger partial charge in [0.25, 0.3) is 11.5 Å². The van der Waals surface area contributed by atoms with Crippen LogP contribution in [0.5, 0.6) is 0 Å².